The number of aliphatic hydroxyl groups is 1. The molecule has 1 aliphatic rings. The number of carboxylic acids is 1. The van der Waals surface area contributed by atoms with E-state index >= 15 is 0 Å². The largest absolute Gasteiger partial charge is 0.478 e. The summed E-state index contributed by atoms with van der Waals surface area (Å²) in [7, 11) is -3.87. The standard InChI is InChI=1S/C13H17NO6S/c15-12(16)10-2-1-3-11(8-10)21(18,19)14-9-13(17)4-6-20-7-5-13/h1-3,8,14,17H,4-7,9H2,(H,15,16). The molecule has 0 unspecified atom stereocenters. The van der Waals surface area contributed by atoms with E-state index in [4.69, 9.17) is 9.84 Å². The van der Waals surface area contributed by atoms with E-state index in [1.807, 2.05) is 0 Å². The first kappa shape index (κ1) is 15.9. The van der Waals surface area contributed by atoms with Crippen molar-refractivity contribution in [2.24, 2.45) is 0 Å². The van der Waals surface area contributed by atoms with E-state index in [-0.39, 0.29) is 17.0 Å². The second-order valence-electron chi connectivity index (χ2n) is 4.99. The molecular formula is C13H17NO6S. The van der Waals surface area contributed by atoms with Crippen molar-refractivity contribution in [3.05, 3.63) is 29.8 Å². The van der Waals surface area contributed by atoms with Crippen LogP contribution < -0.4 is 4.72 Å². The molecule has 0 bridgehead atoms. The number of ether oxygens (including phenoxy) is 1. The zero-order valence-electron chi connectivity index (χ0n) is 11.3. The molecule has 0 radical (unpaired) electrons. The summed E-state index contributed by atoms with van der Waals surface area (Å²) in [4.78, 5) is 10.7. The molecule has 0 saturated carbocycles. The number of benzene rings is 1. The van der Waals surface area contributed by atoms with Crippen molar-refractivity contribution in [1.29, 1.82) is 0 Å². The first-order valence-corrected chi connectivity index (χ1v) is 7.94. The predicted molar refractivity (Wildman–Crippen MR) is 73.6 cm³/mol. The van der Waals surface area contributed by atoms with Gasteiger partial charge < -0.3 is 14.9 Å². The highest BCUT2D eigenvalue weighted by Crippen LogP contribution is 2.20. The van der Waals surface area contributed by atoms with Crippen LogP contribution in [-0.4, -0.2) is 50.0 Å². The Morgan fingerprint density at radius 3 is 2.62 bits per heavy atom. The molecule has 0 spiro atoms. The summed E-state index contributed by atoms with van der Waals surface area (Å²) in [6, 6.07) is 5.07. The van der Waals surface area contributed by atoms with Gasteiger partial charge in [-0.05, 0) is 18.2 Å². The summed E-state index contributed by atoms with van der Waals surface area (Å²) < 4.78 is 31.7. The zero-order chi connectivity index (χ0) is 15.5. The Morgan fingerprint density at radius 1 is 1.33 bits per heavy atom. The van der Waals surface area contributed by atoms with Gasteiger partial charge in [0.05, 0.1) is 16.1 Å². The highest BCUT2D eigenvalue weighted by atomic mass is 32.2. The fraction of sp³-hybridized carbons (Fsp3) is 0.462. The molecule has 0 atom stereocenters. The fourth-order valence-electron chi connectivity index (χ4n) is 2.04. The van der Waals surface area contributed by atoms with Crippen molar-refractivity contribution in [2.75, 3.05) is 19.8 Å². The molecule has 0 aliphatic carbocycles. The Hall–Kier alpha value is -1.48. The molecular weight excluding hydrogens is 298 g/mol. The number of rotatable bonds is 5. The zero-order valence-corrected chi connectivity index (χ0v) is 12.1. The molecule has 1 heterocycles. The molecule has 3 N–H and O–H groups in total. The lowest BCUT2D eigenvalue weighted by atomic mass is 9.95. The Kier molecular flexibility index (Phi) is 4.62. The van der Waals surface area contributed by atoms with E-state index in [0.717, 1.165) is 6.07 Å². The minimum atomic E-state index is -3.87. The summed E-state index contributed by atoms with van der Waals surface area (Å²) >= 11 is 0. The third-order valence-corrected chi connectivity index (χ3v) is 4.80. The Labute approximate surface area is 122 Å². The van der Waals surface area contributed by atoms with Crippen LogP contribution in [0.5, 0.6) is 0 Å². The van der Waals surface area contributed by atoms with E-state index in [2.05, 4.69) is 4.72 Å². The number of carboxylic acid groups (broad SMARTS) is 1. The lowest BCUT2D eigenvalue weighted by Gasteiger charge is -2.31. The minimum absolute atomic E-state index is 0.109. The van der Waals surface area contributed by atoms with Crippen LogP contribution in [0.3, 0.4) is 0 Å². The van der Waals surface area contributed by atoms with Gasteiger partial charge in [-0.15, -0.1) is 0 Å². The number of nitrogens with one attached hydrogen (secondary N) is 1. The summed E-state index contributed by atoms with van der Waals surface area (Å²) in [5.74, 6) is -1.20. The van der Waals surface area contributed by atoms with Crippen LogP contribution in [0, 0.1) is 0 Å². The Bertz CT molecular complexity index is 621. The fourth-order valence-corrected chi connectivity index (χ4v) is 3.20. The lowest BCUT2D eigenvalue weighted by molar-refractivity contribution is -0.0588. The van der Waals surface area contributed by atoms with Crippen LogP contribution in [0.25, 0.3) is 0 Å². The molecule has 1 fully saturated rings. The number of carbonyl (C=O) groups is 1. The van der Waals surface area contributed by atoms with Crippen molar-refractivity contribution in [2.45, 2.75) is 23.3 Å². The maximum atomic E-state index is 12.1. The van der Waals surface area contributed by atoms with Crippen LogP contribution in [0.1, 0.15) is 23.2 Å². The van der Waals surface area contributed by atoms with Gasteiger partial charge in [0, 0.05) is 32.6 Å². The molecule has 1 aromatic rings. The number of hydrogen-bond acceptors (Lipinski definition) is 5. The van der Waals surface area contributed by atoms with Crippen LogP contribution in [-0.2, 0) is 14.8 Å². The smallest absolute Gasteiger partial charge is 0.335 e. The highest BCUT2D eigenvalue weighted by molar-refractivity contribution is 7.89. The van der Waals surface area contributed by atoms with Crippen molar-refractivity contribution in [3.63, 3.8) is 0 Å². The minimum Gasteiger partial charge on any atom is -0.478 e. The summed E-state index contributed by atoms with van der Waals surface area (Å²) in [6.45, 7) is 0.634. The van der Waals surface area contributed by atoms with Gasteiger partial charge in [-0.3, -0.25) is 0 Å². The maximum absolute atomic E-state index is 12.1. The molecule has 0 amide bonds. The molecule has 1 aliphatic heterocycles. The van der Waals surface area contributed by atoms with Crippen LogP contribution in [0.15, 0.2) is 29.2 Å². The second kappa shape index (κ2) is 6.10. The van der Waals surface area contributed by atoms with E-state index < -0.39 is 21.6 Å². The monoisotopic (exact) mass is 315 g/mol. The summed E-state index contributed by atoms with van der Waals surface area (Å²) in [5, 5.41) is 19.1. The van der Waals surface area contributed by atoms with Gasteiger partial charge >= 0.3 is 5.97 Å². The van der Waals surface area contributed by atoms with Gasteiger partial charge in [0.25, 0.3) is 0 Å². The van der Waals surface area contributed by atoms with Crippen molar-refractivity contribution >= 4 is 16.0 Å². The van der Waals surface area contributed by atoms with Crippen molar-refractivity contribution < 1.29 is 28.2 Å². The van der Waals surface area contributed by atoms with E-state index in [1.54, 1.807) is 0 Å². The Balaban J connectivity index is 2.11. The van der Waals surface area contributed by atoms with E-state index in [1.165, 1.54) is 18.2 Å². The van der Waals surface area contributed by atoms with Gasteiger partial charge in [-0.2, -0.15) is 0 Å². The third kappa shape index (κ3) is 4.01. The topological polar surface area (TPSA) is 113 Å². The molecule has 7 nitrogen and oxygen atoms in total. The maximum Gasteiger partial charge on any atom is 0.335 e. The number of sulfonamides is 1. The molecule has 1 saturated heterocycles. The molecule has 8 heteroatoms. The first-order valence-electron chi connectivity index (χ1n) is 6.46. The van der Waals surface area contributed by atoms with E-state index in [9.17, 15) is 18.3 Å². The Morgan fingerprint density at radius 2 is 2.00 bits per heavy atom. The molecule has 1 aromatic carbocycles. The van der Waals surface area contributed by atoms with Gasteiger partial charge in [0.15, 0.2) is 0 Å². The van der Waals surface area contributed by atoms with Crippen molar-refractivity contribution in [3.8, 4) is 0 Å². The van der Waals surface area contributed by atoms with Crippen LogP contribution in [0.4, 0.5) is 0 Å². The summed E-state index contributed by atoms with van der Waals surface area (Å²) in [6.07, 6.45) is 0.704. The second-order valence-corrected chi connectivity index (χ2v) is 6.76. The quantitative estimate of drug-likeness (QED) is 0.715. The summed E-state index contributed by atoms with van der Waals surface area (Å²) in [5.41, 5.74) is -1.24. The molecule has 0 aromatic heterocycles. The average Bonchev–Trinajstić information content (AvgIpc) is 2.46. The predicted octanol–water partition coefficient (Wildman–Crippen LogP) is 0.205. The van der Waals surface area contributed by atoms with Gasteiger partial charge in [-0.1, -0.05) is 6.07 Å². The van der Waals surface area contributed by atoms with Gasteiger partial charge in [0.1, 0.15) is 0 Å². The molecule has 21 heavy (non-hydrogen) atoms. The average molecular weight is 315 g/mol. The lowest BCUT2D eigenvalue weighted by Crippen LogP contribution is -2.46. The van der Waals surface area contributed by atoms with Gasteiger partial charge in [-0.25, -0.2) is 17.9 Å². The van der Waals surface area contributed by atoms with E-state index in [0.29, 0.717) is 26.1 Å². The van der Waals surface area contributed by atoms with Crippen molar-refractivity contribution in [1.82, 2.24) is 4.72 Å². The number of hydrogen-bond donors (Lipinski definition) is 3. The van der Waals surface area contributed by atoms with Crippen LogP contribution >= 0.6 is 0 Å². The number of aromatic carboxylic acids is 1. The van der Waals surface area contributed by atoms with Crippen LogP contribution in [0.2, 0.25) is 0 Å². The molecule has 2 rings (SSSR count). The SMILES string of the molecule is O=C(O)c1cccc(S(=O)(=O)NCC2(O)CCOCC2)c1. The molecule has 116 valence electrons. The van der Waals surface area contributed by atoms with Gasteiger partial charge in [0.2, 0.25) is 10.0 Å². The normalized spacial score (nSPS) is 18.3. The third-order valence-electron chi connectivity index (χ3n) is 3.41. The first-order chi connectivity index (χ1) is 9.82. The highest BCUT2D eigenvalue weighted by Gasteiger charge is 2.31.